The third-order valence-electron chi connectivity index (χ3n) is 4.98. The number of carbonyl (C=O) groups is 1. The van der Waals surface area contributed by atoms with E-state index in [1.165, 1.54) is 24.2 Å². The monoisotopic (exact) mass is 429 g/mol. The van der Waals surface area contributed by atoms with Crippen LogP contribution in [0.25, 0.3) is 0 Å². The fraction of sp³-hybridized carbons (Fsp3) is 0.750. The first-order valence-electron chi connectivity index (χ1n) is 10.2. The minimum Gasteiger partial charge on any atom is -0.355 e. The quantitative estimate of drug-likeness (QED) is 0.632. The number of carbonyl (C=O) groups excluding carboxylic acids is 1. The van der Waals surface area contributed by atoms with Gasteiger partial charge in [-0.1, -0.05) is 34.1 Å². The first kappa shape index (κ1) is 23.3. The summed E-state index contributed by atoms with van der Waals surface area (Å²) in [7, 11) is -3.48. The first-order valence-corrected chi connectivity index (χ1v) is 12.5. The van der Waals surface area contributed by atoms with Gasteiger partial charge in [0.1, 0.15) is 4.21 Å². The third kappa shape index (κ3) is 7.13. The SMILES string of the molecule is CCCCN1CCC(NS(=O)(=O)c2ccc(CCNC(=O)C(C)(C)C)s2)CC1. The Hall–Kier alpha value is -0.960. The lowest BCUT2D eigenvalue weighted by Gasteiger charge is -2.31. The summed E-state index contributed by atoms with van der Waals surface area (Å²) < 4.78 is 28.6. The van der Waals surface area contributed by atoms with Crippen molar-refractivity contribution in [1.29, 1.82) is 0 Å². The summed E-state index contributed by atoms with van der Waals surface area (Å²) >= 11 is 1.29. The van der Waals surface area contributed by atoms with Crippen molar-refractivity contribution in [2.75, 3.05) is 26.2 Å². The van der Waals surface area contributed by atoms with Gasteiger partial charge in [-0.25, -0.2) is 13.1 Å². The highest BCUT2D eigenvalue weighted by atomic mass is 32.2. The van der Waals surface area contributed by atoms with E-state index in [9.17, 15) is 13.2 Å². The summed E-state index contributed by atoms with van der Waals surface area (Å²) in [6.07, 6.45) is 4.75. The van der Waals surface area contributed by atoms with Crippen molar-refractivity contribution in [3.05, 3.63) is 17.0 Å². The zero-order valence-corrected chi connectivity index (χ0v) is 19.2. The Balaban J connectivity index is 1.82. The van der Waals surface area contributed by atoms with E-state index in [0.29, 0.717) is 17.2 Å². The van der Waals surface area contributed by atoms with Crippen LogP contribution in [0, 0.1) is 5.41 Å². The van der Waals surface area contributed by atoms with Crippen molar-refractivity contribution < 1.29 is 13.2 Å². The third-order valence-corrected chi connectivity index (χ3v) is 8.13. The van der Waals surface area contributed by atoms with Crippen LogP contribution in [0.3, 0.4) is 0 Å². The van der Waals surface area contributed by atoms with E-state index >= 15 is 0 Å². The Morgan fingerprint density at radius 2 is 1.93 bits per heavy atom. The Morgan fingerprint density at radius 1 is 1.25 bits per heavy atom. The molecular formula is C20H35N3O3S2. The van der Waals surface area contributed by atoms with Crippen LogP contribution in [-0.2, 0) is 21.2 Å². The average molecular weight is 430 g/mol. The number of thiophene rings is 1. The molecule has 2 N–H and O–H groups in total. The summed E-state index contributed by atoms with van der Waals surface area (Å²) in [5.74, 6) is 0.00356. The fourth-order valence-electron chi connectivity index (χ4n) is 3.14. The molecule has 1 saturated heterocycles. The highest BCUT2D eigenvalue weighted by molar-refractivity contribution is 7.91. The maximum Gasteiger partial charge on any atom is 0.250 e. The fourth-order valence-corrected chi connectivity index (χ4v) is 5.81. The molecule has 1 aromatic heterocycles. The number of nitrogens with zero attached hydrogens (tertiary/aromatic N) is 1. The van der Waals surface area contributed by atoms with E-state index in [0.717, 1.165) is 37.4 Å². The highest BCUT2D eigenvalue weighted by Crippen LogP contribution is 2.23. The van der Waals surface area contributed by atoms with E-state index in [4.69, 9.17) is 0 Å². The van der Waals surface area contributed by atoms with Gasteiger partial charge in [-0.2, -0.15) is 0 Å². The minimum atomic E-state index is -3.48. The van der Waals surface area contributed by atoms with Crippen LogP contribution in [0.1, 0.15) is 58.3 Å². The Morgan fingerprint density at radius 3 is 2.54 bits per heavy atom. The molecule has 1 aromatic rings. The van der Waals surface area contributed by atoms with E-state index in [-0.39, 0.29) is 11.9 Å². The summed E-state index contributed by atoms with van der Waals surface area (Å²) in [5.41, 5.74) is -0.417. The van der Waals surface area contributed by atoms with Crippen LogP contribution in [0.4, 0.5) is 0 Å². The molecule has 8 heteroatoms. The van der Waals surface area contributed by atoms with Crippen molar-refractivity contribution in [3.8, 4) is 0 Å². The summed E-state index contributed by atoms with van der Waals surface area (Å²) in [4.78, 5) is 15.3. The Bertz CT molecular complexity index is 730. The van der Waals surface area contributed by atoms with Crippen LogP contribution >= 0.6 is 11.3 Å². The van der Waals surface area contributed by atoms with Gasteiger partial charge in [-0.3, -0.25) is 4.79 Å². The molecule has 28 heavy (non-hydrogen) atoms. The minimum absolute atomic E-state index is 0.00356. The van der Waals surface area contributed by atoms with Crippen LogP contribution < -0.4 is 10.0 Å². The number of hydrogen-bond acceptors (Lipinski definition) is 5. The molecule has 0 atom stereocenters. The molecule has 1 amide bonds. The lowest BCUT2D eigenvalue weighted by atomic mass is 9.96. The van der Waals surface area contributed by atoms with Gasteiger partial charge in [0, 0.05) is 22.9 Å². The van der Waals surface area contributed by atoms with E-state index in [1.807, 2.05) is 26.8 Å². The number of rotatable bonds is 9. The summed E-state index contributed by atoms with van der Waals surface area (Å²) in [6.45, 7) is 11.3. The molecule has 0 bridgehead atoms. The number of sulfonamides is 1. The van der Waals surface area contributed by atoms with Crippen LogP contribution in [-0.4, -0.2) is 51.4 Å². The van der Waals surface area contributed by atoms with Crippen molar-refractivity contribution in [2.24, 2.45) is 5.41 Å². The van der Waals surface area contributed by atoms with Gasteiger partial charge in [-0.15, -0.1) is 11.3 Å². The summed E-state index contributed by atoms with van der Waals surface area (Å²) in [6, 6.07) is 3.53. The number of piperidine rings is 1. The van der Waals surface area contributed by atoms with Gasteiger partial charge in [-0.05, 0) is 57.5 Å². The zero-order chi connectivity index (χ0) is 20.8. The normalized spacial score (nSPS) is 17.0. The molecule has 1 fully saturated rings. The maximum atomic E-state index is 12.7. The van der Waals surface area contributed by atoms with Crippen molar-refractivity contribution >= 4 is 27.3 Å². The zero-order valence-electron chi connectivity index (χ0n) is 17.6. The Labute approximate surface area is 174 Å². The predicted octanol–water partition coefficient (Wildman–Crippen LogP) is 3.00. The topological polar surface area (TPSA) is 78.5 Å². The van der Waals surface area contributed by atoms with Crippen molar-refractivity contribution in [2.45, 2.75) is 70.1 Å². The average Bonchev–Trinajstić information content (AvgIpc) is 3.10. The van der Waals surface area contributed by atoms with Crippen LogP contribution in [0.5, 0.6) is 0 Å². The maximum absolute atomic E-state index is 12.7. The lowest BCUT2D eigenvalue weighted by Crippen LogP contribution is -2.44. The molecule has 0 saturated carbocycles. The molecule has 160 valence electrons. The molecular weight excluding hydrogens is 394 g/mol. The van der Waals surface area contributed by atoms with Gasteiger partial charge >= 0.3 is 0 Å². The molecule has 0 aromatic carbocycles. The van der Waals surface area contributed by atoms with Crippen molar-refractivity contribution in [3.63, 3.8) is 0 Å². The smallest absolute Gasteiger partial charge is 0.250 e. The van der Waals surface area contributed by atoms with E-state index in [1.54, 1.807) is 6.07 Å². The summed E-state index contributed by atoms with van der Waals surface area (Å²) in [5, 5.41) is 2.90. The van der Waals surface area contributed by atoms with Gasteiger partial charge in [0.2, 0.25) is 15.9 Å². The van der Waals surface area contributed by atoms with Gasteiger partial charge < -0.3 is 10.2 Å². The van der Waals surface area contributed by atoms with Gasteiger partial charge in [0.05, 0.1) is 0 Å². The predicted molar refractivity (Wildman–Crippen MR) is 115 cm³/mol. The van der Waals surface area contributed by atoms with Gasteiger partial charge in [0.25, 0.3) is 0 Å². The van der Waals surface area contributed by atoms with E-state index in [2.05, 4.69) is 21.9 Å². The lowest BCUT2D eigenvalue weighted by molar-refractivity contribution is -0.128. The first-order chi connectivity index (χ1) is 13.1. The van der Waals surface area contributed by atoms with Crippen LogP contribution in [0.15, 0.2) is 16.3 Å². The second-order valence-electron chi connectivity index (χ2n) is 8.57. The largest absolute Gasteiger partial charge is 0.355 e. The van der Waals surface area contributed by atoms with Gasteiger partial charge in [0.15, 0.2) is 0 Å². The molecule has 1 aliphatic heterocycles. The molecule has 0 unspecified atom stereocenters. The van der Waals surface area contributed by atoms with Crippen LogP contribution in [0.2, 0.25) is 0 Å². The molecule has 0 aliphatic carbocycles. The molecule has 2 rings (SSSR count). The Kier molecular flexibility index (Phi) is 8.48. The second kappa shape index (κ2) is 10.2. The molecule has 0 radical (unpaired) electrons. The number of amides is 1. The second-order valence-corrected chi connectivity index (χ2v) is 11.7. The highest BCUT2D eigenvalue weighted by Gasteiger charge is 2.25. The van der Waals surface area contributed by atoms with E-state index < -0.39 is 15.4 Å². The number of nitrogens with one attached hydrogen (secondary N) is 2. The van der Waals surface area contributed by atoms with Crippen molar-refractivity contribution in [1.82, 2.24) is 14.9 Å². The number of unbranched alkanes of at least 4 members (excludes halogenated alkanes) is 1. The molecule has 0 spiro atoms. The molecule has 2 heterocycles. The number of hydrogen-bond donors (Lipinski definition) is 2. The molecule has 6 nitrogen and oxygen atoms in total. The molecule has 1 aliphatic rings. The number of likely N-dealkylation sites (tertiary alicyclic amines) is 1. The standard InChI is InChI=1S/C20H35N3O3S2/c1-5-6-13-23-14-10-16(11-15-23)22-28(25,26)18-8-7-17(27-18)9-12-21-19(24)20(2,3)4/h7-8,16,22H,5-6,9-15H2,1-4H3,(H,21,24).